The van der Waals surface area contributed by atoms with E-state index in [4.69, 9.17) is 9.47 Å². The zero-order valence-electron chi connectivity index (χ0n) is 9.85. The molecule has 0 atom stereocenters. The maximum Gasteiger partial charge on any atom is 0.407 e. The summed E-state index contributed by atoms with van der Waals surface area (Å²) in [6.07, 6.45) is -0.423. The second-order valence-electron chi connectivity index (χ2n) is 3.91. The number of amides is 1. The Morgan fingerprint density at radius 1 is 1.40 bits per heavy atom. The highest BCUT2D eigenvalue weighted by atomic mass is 16.6. The van der Waals surface area contributed by atoms with E-state index in [0.29, 0.717) is 19.8 Å². The van der Waals surface area contributed by atoms with Gasteiger partial charge in [0.2, 0.25) is 0 Å². The van der Waals surface area contributed by atoms with Crippen molar-refractivity contribution < 1.29 is 14.3 Å². The molecule has 0 saturated carbocycles. The van der Waals surface area contributed by atoms with Gasteiger partial charge in [-0.25, -0.2) is 4.79 Å². The van der Waals surface area contributed by atoms with Crippen molar-refractivity contribution in [3.05, 3.63) is 0 Å². The van der Waals surface area contributed by atoms with E-state index in [-0.39, 0.29) is 0 Å². The molecule has 15 heavy (non-hydrogen) atoms. The number of ether oxygens (including phenoxy) is 2. The van der Waals surface area contributed by atoms with Gasteiger partial charge in [0.25, 0.3) is 0 Å². The van der Waals surface area contributed by atoms with Crippen molar-refractivity contribution >= 4 is 6.09 Å². The zero-order chi connectivity index (χ0) is 11.7. The first-order valence-corrected chi connectivity index (χ1v) is 4.90. The summed E-state index contributed by atoms with van der Waals surface area (Å²) >= 11 is 0. The summed E-state index contributed by atoms with van der Waals surface area (Å²) in [6.45, 7) is 8.47. The minimum absolute atomic E-state index is 0.395. The molecule has 0 heterocycles. The summed E-state index contributed by atoms with van der Waals surface area (Å²) < 4.78 is 10.1. The number of rotatable bonds is 4. The summed E-state index contributed by atoms with van der Waals surface area (Å²) in [5.74, 6) is 5.47. The van der Waals surface area contributed by atoms with Gasteiger partial charge in [-0.3, -0.25) is 0 Å². The van der Waals surface area contributed by atoms with E-state index in [1.807, 2.05) is 20.8 Å². The molecule has 0 fully saturated rings. The minimum Gasteiger partial charge on any atom is -0.444 e. The molecule has 0 aromatic heterocycles. The number of alkyl carbamates (subject to hydrolysis) is 1. The van der Waals surface area contributed by atoms with Crippen molar-refractivity contribution in [1.29, 1.82) is 0 Å². The molecule has 0 aliphatic rings. The Morgan fingerprint density at radius 2 is 2.07 bits per heavy atom. The van der Waals surface area contributed by atoms with E-state index in [1.54, 1.807) is 6.92 Å². The van der Waals surface area contributed by atoms with Crippen molar-refractivity contribution in [3.63, 3.8) is 0 Å². The average Bonchev–Trinajstić information content (AvgIpc) is 2.08. The highest BCUT2D eigenvalue weighted by Gasteiger charge is 2.15. The summed E-state index contributed by atoms with van der Waals surface area (Å²) in [4.78, 5) is 11.1. The second-order valence-corrected chi connectivity index (χ2v) is 3.91. The van der Waals surface area contributed by atoms with Gasteiger partial charge >= 0.3 is 6.09 Å². The van der Waals surface area contributed by atoms with Crippen LogP contribution in [0.4, 0.5) is 4.79 Å². The Morgan fingerprint density at radius 3 is 2.60 bits per heavy atom. The normalized spacial score (nSPS) is 10.1. The molecule has 0 aromatic rings. The molecule has 86 valence electrons. The van der Waals surface area contributed by atoms with Crippen LogP contribution in [0.1, 0.15) is 27.7 Å². The lowest BCUT2D eigenvalue weighted by atomic mass is 10.2. The highest BCUT2D eigenvalue weighted by molar-refractivity contribution is 5.67. The molecule has 1 N–H and O–H groups in total. The van der Waals surface area contributed by atoms with Gasteiger partial charge in [-0.1, -0.05) is 5.92 Å². The van der Waals surface area contributed by atoms with Crippen LogP contribution in [0.15, 0.2) is 0 Å². The number of carbonyl (C=O) groups is 1. The first-order chi connectivity index (χ1) is 6.95. The smallest absolute Gasteiger partial charge is 0.407 e. The molecule has 0 aromatic carbocycles. The van der Waals surface area contributed by atoms with Crippen LogP contribution >= 0.6 is 0 Å². The van der Waals surface area contributed by atoms with E-state index in [0.717, 1.165) is 0 Å². The van der Waals surface area contributed by atoms with Gasteiger partial charge in [0.05, 0.1) is 6.61 Å². The van der Waals surface area contributed by atoms with Crippen LogP contribution in [0, 0.1) is 11.8 Å². The van der Waals surface area contributed by atoms with Crippen LogP contribution in [0.2, 0.25) is 0 Å². The first kappa shape index (κ1) is 13.8. The monoisotopic (exact) mass is 213 g/mol. The lowest BCUT2D eigenvalue weighted by Gasteiger charge is -2.19. The molecule has 0 rings (SSSR count). The quantitative estimate of drug-likeness (QED) is 0.569. The fourth-order valence-electron chi connectivity index (χ4n) is 0.735. The molecule has 0 unspecified atom stereocenters. The third-order valence-electron chi connectivity index (χ3n) is 1.27. The maximum absolute atomic E-state index is 11.1. The second kappa shape index (κ2) is 7.13. The molecule has 0 aliphatic heterocycles. The van der Waals surface area contributed by atoms with Crippen molar-refractivity contribution in [1.82, 2.24) is 5.32 Å². The Labute approximate surface area is 91.3 Å². The van der Waals surface area contributed by atoms with Crippen molar-refractivity contribution in [2.75, 3.05) is 19.8 Å². The highest BCUT2D eigenvalue weighted by Crippen LogP contribution is 2.05. The number of carbonyl (C=O) groups excluding carboxylic acids is 1. The molecular weight excluding hydrogens is 194 g/mol. The zero-order valence-corrected chi connectivity index (χ0v) is 9.85. The van der Waals surface area contributed by atoms with E-state index in [2.05, 4.69) is 17.2 Å². The summed E-state index contributed by atoms with van der Waals surface area (Å²) in [5, 5.41) is 2.58. The third-order valence-corrected chi connectivity index (χ3v) is 1.27. The van der Waals surface area contributed by atoms with Crippen LogP contribution in [0.25, 0.3) is 0 Å². The van der Waals surface area contributed by atoms with Crippen LogP contribution in [0.5, 0.6) is 0 Å². The van der Waals surface area contributed by atoms with E-state index in [1.165, 1.54) is 0 Å². The fraction of sp³-hybridized carbons (Fsp3) is 0.727. The van der Waals surface area contributed by atoms with Crippen molar-refractivity contribution in [3.8, 4) is 11.8 Å². The Kier molecular flexibility index (Phi) is 6.56. The largest absolute Gasteiger partial charge is 0.444 e. The lowest BCUT2D eigenvalue weighted by Crippen LogP contribution is -2.34. The Bertz CT molecular complexity index is 245. The molecule has 0 bridgehead atoms. The molecule has 0 spiro atoms. The van der Waals surface area contributed by atoms with E-state index < -0.39 is 11.7 Å². The Balaban J connectivity index is 3.42. The van der Waals surface area contributed by atoms with Crippen LogP contribution in [0.3, 0.4) is 0 Å². The summed E-state index contributed by atoms with van der Waals surface area (Å²) in [5.41, 5.74) is -0.460. The SMILES string of the molecule is CC#CCOCCNC(=O)OC(C)(C)C. The van der Waals surface area contributed by atoms with Crippen LogP contribution in [-0.4, -0.2) is 31.5 Å². The molecule has 0 aliphatic carbocycles. The predicted molar refractivity (Wildman–Crippen MR) is 58.5 cm³/mol. The molecule has 1 amide bonds. The van der Waals surface area contributed by atoms with Crippen LogP contribution < -0.4 is 5.32 Å². The van der Waals surface area contributed by atoms with E-state index in [9.17, 15) is 4.79 Å². The number of hydrogen-bond donors (Lipinski definition) is 1. The first-order valence-electron chi connectivity index (χ1n) is 4.90. The lowest BCUT2D eigenvalue weighted by molar-refractivity contribution is 0.0507. The summed E-state index contributed by atoms with van der Waals surface area (Å²) in [6, 6.07) is 0. The van der Waals surface area contributed by atoms with Crippen molar-refractivity contribution in [2.24, 2.45) is 0 Å². The van der Waals surface area contributed by atoms with Gasteiger partial charge in [0, 0.05) is 6.54 Å². The molecular formula is C11H19NO3. The Hall–Kier alpha value is -1.21. The van der Waals surface area contributed by atoms with Gasteiger partial charge in [0.15, 0.2) is 0 Å². The molecule has 4 heteroatoms. The fourth-order valence-corrected chi connectivity index (χ4v) is 0.735. The van der Waals surface area contributed by atoms with Gasteiger partial charge in [0.1, 0.15) is 12.2 Å². The predicted octanol–water partition coefficient (Wildman–Crippen LogP) is 1.55. The molecule has 0 saturated heterocycles. The molecule has 0 radical (unpaired) electrons. The minimum atomic E-state index is -0.460. The number of nitrogens with one attached hydrogen (secondary N) is 1. The van der Waals surface area contributed by atoms with Gasteiger partial charge in [-0.2, -0.15) is 0 Å². The van der Waals surface area contributed by atoms with E-state index >= 15 is 0 Å². The average molecular weight is 213 g/mol. The number of hydrogen-bond acceptors (Lipinski definition) is 3. The van der Waals surface area contributed by atoms with Gasteiger partial charge in [-0.15, -0.1) is 5.92 Å². The maximum atomic E-state index is 11.1. The molecule has 4 nitrogen and oxygen atoms in total. The van der Waals surface area contributed by atoms with Crippen molar-refractivity contribution in [2.45, 2.75) is 33.3 Å². The summed E-state index contributed by atoms with van der Waals surface area (Å²) in [7, 11) is 0. The van der Waals surface area contributed by atoms with Gasteiger partial charge in [-0.05, 0) is 27.7 Å². The topological polar surface area (TPSA) is 47.6 Å². The van der Waals surface area contributed by atoms with Crippen LogP contribution in [-0.2, 0) is 9.47 Å². The standard InChI is InChI=1S/C11H19NO3/c1-5-6-8-14-9-7-12-10(13)15-11(2,3)4/h7-9H2,1-4H3,(H,12,13). The van der Waals surface area contributed by atoms with Gasteiger partial charge < -0.3 is 14.8 Å². The third kappa shape index (κ3) is 10.7.